The molecule has 1 aliphatic rings. The Morgan fingerprint density at radius 1 is 1.50 bits per heavy atom. The van der Waals surface area contributed by atoms with E-state index in [0.717, 1.165) is 31.8 Å². The van der Waals surface area contributed by atoms with E-state index >= 15 is 0 Å². The van der Waals surface area contributed by atoms with E-state index in [1.807, 2.05) is 4.90 Å². The van der Waals surface area contributed by atoms with Crippen molar-refractivity contribution in [2.45, 2.75) is 19.8 Å². The van der Waals surface area contributed by atoms with Crippen LogP contribution in [0.5, 0.6) is 0 Å². The highest BCUT2D eigenvalue weighted by atomic mass is 16.2. The van der Waals surface area contributed by atoms with Gasteiger partial charge in [-0.15, -0.1) is 0 Å². The maximum Gasteiger partial charge on any atom is 0.274 e. The first-order valence-electron chi connectivity index (χ1n) is 5.66. The molecule has 5 heteroatoms. The fourth-order valence-corrected chi connectivity index (χ4v) is 1.96. The second-order valence-electron chi connectivity index (χ2n) is 4.55. The maximum absolute atomic E-state index is 12.1. The van der Waals surface area contributed by atoms with Crippen LogP contribution in [0.4, 0.5) is 5.82 Å². The van der Waals surface area contributed by atoms with Gasteiger partial charge in [0.25, 0.3) is 5.91 Å². The smallest absolute Gasteiger partial charge is 0.274 e. The topological polar surface area (TPSA) is 64.2 Å². The van der Waals surface area contributed by atoms with Crippen LogP contribution in [0.1, 0.15) is 30.3 Å². The zero-order chi connectivity index (χ0) is 11.7. The number of rotatable bonds is 1. The predicted octanol–water partition coefficient (Wildman–Crippen LogP) is 0.874. The average molecular weight is 222 g/mol. The van der Waals surface area contributed by atoms with Gasteiger partial charge in [-0.25, -0.2) is 0 Å². The Labute approximate surface area is 95.2 Å². The SMILES string of the molecule is CC1CCN(C(=O)c2cc(N)n(C)n2)CC1. The third-order valence-corrected chi connectivity index (χ3v) is 3.21. The third kappa shape index (κ3) is 2.03. The summed E-state index contributed by atoms with van der Waals surface area (Å²) in [6.45, 7) is 3.88. The minimum atomic E-state index is -0.000741. The fourth-order valence-electron chi connectivity index (χ4n) is 1.96. The molecular weight excluding hydrogens is 204 g/mol. The summed E-state index contributed by atoms with van der Waals surface area (Å²) in [5.41, 5.74) is 6.11. The van der Waals surface area contributed by atoms with Gasteiger partial charge in [-0.1, -0.05) is 6.92 Å². The van der Waals surface area contributed by atoms with E-state index < -0.39 is 0 Å². The summed E-state index contributed by atoms with van der Waals surface area (Å²) in [6, 6.07) is 1.64. The molecule has 1 aliphatic heterocycles. The molecule has 2 heterocycles. The van der Waals surface area contributed by atoms with Crippen molar-refractivity contribution in [2.24, 2.45) is 13.0 Å². The molecule has 0 aliphatic carbocycles. The van der Waals surface area contributed by atoms with E-state index in [0.29, 0.717) is 11.5 Å². The van der Waals surface area contributed by atoms with Gasteiger partial charge >= 0.3 is 0 Å². The summed E-state index contributed by atoms with van der Waals surface area (Å²) in [5, 5.41) is 4.10. The molecule has 0 aromatic carbocycles. The van der Waals surface area contributed by atoms with Crippen molar-refractivity contribution in [1.29, 1.82) is 0 Å². The number of nitrogens with two attached hydrogens (primary N) is 1. The van der Waals surface area contributed by atoms with E-state index in [2.05, 4.69) is 12.0 Å². The number of hydrogen-bond acceptors (Lipinski definition) is 3. The lowest BCUT2D eigenvalue weighted by molar-refractivity contribution is 0.0690. The Kier molecular flexibility index (Phi) is 2.85. The molecule has 0 atom stereocenters. The number of anilines is 1. The monoisotopic (exact) mass is 222 g/mol. The zero-order valence-corrected chi connectivity index (χ0v) is 9.81. The van der Waals surface area contributed by atoms with Gasteiger partial charge in [-0.2, -0.15) is 5.10 Å². The Morgan fingerprint density at radius 2 is 2.12 bits per heavy atom. The first kappa shape index (κ1) is 11.0. The molecule has 2 N–H and O–H groups in total. The maximum atomic E-state index is 12.1. The standard InChI is InChI=1S/C11H18N4O/c1-8-3-5-15(6-4-8)11(16)9-7-10(12)14(2)13-9/h7-8H,3-6,12H2,1-2H3. The second kappa shape index (κ2) is 4.15. The number of nitrogen functional groups attached to an aromatic ring is 1. The van der Waals surface area contributed by atoms with Gasteiger partial charge in [0.2, 0.25) is 0 Å². The largest absolute Gasteiger partial charge is 0.384 e. The molecule has 1 saturated heterocycles. The van der Waals surface area contributed by atoms with Gasteiger partial charge in [0, 0.05) is 26.2 Å². The van der Waals surface area contributed by atoms with Crippen LogP contribution in [0, 0.1) is 5.92 Å². The number of hydrogen-bond donors (Lipinski definition) is 1. The number of carbonyl (C=O) groups is 1. The van der Waals surface area contributed by atoms with Crippen LogP contribution >= 0.6 is 0 Å². The normalized spacial score (nSPS) is 17.8. The Balaban J connectivity index is 2.07. The lowest BCUT2D eigenvalue weighted by Gasteiger charge is -2.29. The van der Waals surface area contributed by atoms with Gasteiger partial charge in [-0.3, -0.25) is 9.48 Å². The molecule has 0 radical (unpaired) electrons. The average Bonchev–Trinajstić information content (AvgIpc) is 2.59. The van der Waals surface area contributed by atoms with E-state index in [9.17, 15) is 4.79 Å². The number of amides is 1. The van der Waals surface area contributed by atoms with Gasteiger partial charge in [0.05, 0.1) is 0 Å². The summed E-state index contributed by atoms with van der Waals surface area (Å²) in [6.07, 6.45) is 2.15. The summed E-state index contributed by atoms with van der Waals surface area (Å²) in [7, 11) is 1.74. The summed E-state index contributed by atoms with van der Waals surface area (Å²) in [4.78, 5) is 13.9. The molecule has 1 aromatic rings. The predicted molar refractivity (Wildman–Crippen MR) is 61.9 cm³/mol. The highest BCUT2D eigenvalue weighted by Gasteiger charge is 2.23. The molecule has 0 saturated carbocycles. The first-order chi connectivity index (χ1) is 7.58. The van der Waals surface area contributed by atoms with Crippen LogP contribution in [-0.2, 0) is 7.05 Å². The van der Waals surface area contributed by atoms with Gasteiger partial charge in [-0.05, 0) is 18.8 Å². The second-order valence-corrected chi connectivity index (χ2v) is 4.55. The van der Waals surface area contributed by atoms with E-state index in [1.54, 1.807) is 13.1 Å². The molecule has 1 aromatic heterocycles. The van der Waals surface area contributed by atoms with E-state index in [-0.39, 0.29) is 5.91 Å². The molecule has 1 fully saturated rings. The van der Waals surface area contributed by atoms with Gasteiger partial charge < -0.3 is 10.6 Å². The first-order valence-corrected chi connectivity index (χ1v) is 5.66. The quantitative estimate of drug-likeness (QED) is 0.767. The fraction of sp³-hybridized carbons (Fsp3) is 0.636. The van der Waals surface area contributed by atoms with Crippen LogP contribution < -0.4 is 5.73 Å². The minimum absolute atomic E-state index is 0.000741. The van der Waals surface area contributed by atoms with Gasteiger partial charge in [0.15, 0.2) is 5.69 Å². The zero-order valence-electron chi connectivity index (χ0n) is 9.81. The van der Waals surface area contributed by atoms with Crippen molar-refractivity contribution < 1.29 is 4.79 Å². The highest BCUT2D eigenvalue weighted by molar-refractivity contribution is 5.93. The molecule has 16 heavy (non-hydrogen) atoms. The van der Waals surface area contributed by atoms with Crippen molar-refractivity contribution in [1.82, 2.24) is 14.7 Å². The summed E-state index contributed by atoms with van der Waals surface area (Å²) in [5.74, 6) is 1.24. The molecule has 2 rings (SSSR count). The van der Waals surface area contributed by atoms with Crippen molar-refractivity contribution in [3.8, 4) is 0 Å². The number of aryl methyl sites for hydroxylation is 1. The lowest BCUT2D eigenvalue weighted by Crippen LogP contribution is -2.38. The van der Waals surface area contributed by atoms with Gasteiger partial charge in [0.1, 0.15) is 5.82 Å². The molecular formula is C11H18N4O. The van der Waals surface area contributed by atoms with Crippen molar-refractivity contribution in [2.75, 3.05) is 18.8 Å². The Bertz CT molecular complexity index is 371. The Hall–Kier alpha value is -1.52. The molecule has 0 unspecified atom stereocenters. The number of nitrogens with zero attached hydrogens (tertiary/aromatic N) is 3. The Morgan fingerprint density at radius 3 is 2.62 bits per heavy atom. The molecule has 0 bridgehead atoms. The molecule has 88 valence electrons. The highest BCUT2D eigenvalue weighted by Crippen LogP contribution is 2.18. The number of likely N-dealkylation sites (tertiary alicyclic amines) is 1. The summed E-state index contributed by atoms with van der Waals surface area (Å²) < 4.78 is 1.53. The lowest BCUT2D eigenvalue weighted by atomic mass is 9.99. The molecule has 5 nitrogen and oxygen atoms in total. The minimum Gasteiger partial charge on any atom is -0.384 e. The van der Waals surface area contributed by atoms with E-state index in [1.165, 1.54) is 4.68 Å². The van der Waals surface area contributed by atoms with Crippen LogP contribution in [0.2, 0.25) is 0 Å². The van der Waals surface area contributed by atoms with Crippen molar-refractivity contribution in [3.05, 3.63) is 11.8 Å². The van der Waals surface area contributed by atoms with Crippen molar-refractivity contribution in [3.63, 3.8) is 0 Å². The number of aromatic nitrogens is 2. The molecule has 1 amide bonds. The van der Waals surface area contributed by atoms with Crippen molar-refractivity contribution >= 4 is 11.7 Å². The number of carbonyl (C=O) groups excluding carboxylic acids is 1. The van der Waals surface area contributed by atoms with Crippen LogP contribution in [0.15, 0.2) is 6.07 Å². The summed E-state index contributed by atoms with van der Waals surface area (Å²) >= 11 is 0. The number of piperidine rings is 1. The molecule has 0 spiro atoms. The van der Waals surface area contributed by atoms with Crippen LogP contribution in [0.3, 0.4) is 0 Å². The van der Waals surface area contributed by atoms with Crippen LogP contribution in [-0.4, -0.2) is 33.7 Å². The van der Waals surface area contributed by atoms with E-state index in [4.69, 9.17) is 5.73 Å². The van der Waals surface area contributed by atoms with Crippen LogP contribution in [0.25, 0.3) is 0 Å². The third-order valence-electron chi connectivity index (χ3n) is 3.21.